The smallest absolute Gasteiger partial charge is 0.188 e. The summed E-state index contributed by atoms with van der Waals surface area (Å²) < 4.78 is 12.7. The van der Waals surface area contributed by atoms with Crippen LogP contribution in [0.2, 0.25) is 0 Å². The number of alkyl halides is 1. The highest BCUT2D eigenvalue weighted by atomic mass is 19.1. The Bertz CT molecular complexity index is 171. The van der Waals surface area contributed by atoms with Crippen molar-refractivity contribution in [3.63, 3.8) is 0 Å². The number of rotatable bonds is 5. The molecule has 0 saturated heterocycles. The Morgan fingerprint density at radius 3 is 2.62 bits per heavy atom. The summed E-state index contributed by atoms with van der Waals surface area (Å²) in [4.78, 5) is 0. The monoisotopic (exact) mass is 188 g/mol. The third-order valence-corrected chi connectivity index (χ3v) is 1.67. The van der Waals surface area contributed by atoms with E-state index in [4.69, 9.17) is 10.2 Å². The summed E-state index contributed by atoms with van der Waals surface area (Å²) in [7, 11) is 0. The Balaban J connectivity index is 3.56. The second-order valence-corrected chi connectivity index (χ2v) is 2.93. The molecule has 0 aromatic heterocycles. The summed E-state index contributed by atoms with van der Waals surface area (Å²) >= 11 is 0. The van der Waals surface area contributed by atoms with E-state index >= 15 is 0 Å². The molecule has 0 aromatic rings. The molecule has 0 aliphatic rings. The van der Waals surface area contributed by atoms with Gasteiger partial charge in [-0.15, -0.1) is 5.92 Å². The molecule has 0 aromatic carbocycles. The molecule has 3 heteroatoms. The number of halogens is 1. The molecule has 0 bridgehead atoms. The summed E-state index contributed by atoms with van der Waals surface area (Å²) in [6, 6.07) is 0. The van der Waals surface area contributed by atoms with Gasteiger partial charge in [-0.05, 0) is 6.42 Å². The minimum Gasteiger partial charge on any atom is -0.394 e. The second-order valence-electron chi connectivity index (χ2n) is 2.93. The van der Waals surface area contributed by atoms with Crippen LogP contribution in [0.1, 0.15) is 32.6 Å². The standard InChI is InChI=1S/C10H17FO2/c1-2-3-4-5-6-7-9(11)10(13)8-12/h9-10,12-13H,2-5,8H2,1H3/t9?,10-/m0/s1. The highest BCUT2D eigenvalue weighted by Gasteiger charge is 2.13. The lowest BCUT2D eigenvalue weighted by Crippen LogP contribution is -2.23. The molecule has 13 heavy (non-hydrogen) atoms. The van der Waals surface area contributed by atoms with E-state index in [2.05, 4.69) is 18.8 Å². The van der Waals surface area contributed by atoms with E-state index in [1.807, 2.05) is 0 Å². The van der Waals surface area contributed by atoms with Gasteiger partial charge in [-0.2, -0.15) is 0 Å². The van der Waals surface area contributed by atoms with Crippen LogP contribution in [-0.2, 0) is 0 Å². The lowest BCUT2D eigenvalue weighted by Gasteiger charge is -2.05. The van der Waals surface area contributed by atoms with Gasteiger partial charge in [-0.1, -0.05) is 25.7 Å². The normalized spacial score (nSPS) is 14.5. The van der Waals surface area contributed by atoms with E-state index in [0.29, 0.717) is 6.42 Å². The van der Waals surface area contributed by atoms with Gasteiger partial charge in [0.15, 0.2) is 6.17 Å². The van der Waals surface area contributed by atoms with Crippen molar-refractivity contribution in [1.29, 1.82) is 0 Å². The van der Waals surface area contributed by atoms with Crippen molar-refractivity contribution in [1.82, 2.24) is 0 Å². The molecule has 0 heterocycles. The largest absolute Gasteiger partial charge is 0.394 e. The van der Waals surface area contributed by atoms with Gasteiger partial charge in [0.2, 0.25) is 0 Å². The van der Waals surface area contributed by atoms with E-state index < -0.39 is 18.9 Å². The Hall–Kier alpha value is -0.590. The molecule has 0 spiro atoms. The molecule has 0 aliphatic heterocycles. The van der Waals surface area contributed by atoms with Crippen LogP contribution >= 0.6 is 0 Å². The Morgan fingerprint density at radius 2 is 2.08 bits per heavy atom. The summed E-state index contributed by atoms with van der Waals surface area (Å²) in [6.45, 7) is 1.51. The van der Waals surface area contributed by atoms with Gasteiger partial charge in [0.05, 0.1) is 6.61 Å². The van der Waals surface area contributed by atoms with Crippen LogP contribution in [0.3, 0.4) is 0 Å². The van der Waals surface area contributed by atoms with Gasteiger partial charge in [0, 0.05) is 6.42 Å². The molecule has 0 fully saturated rings. The minimum atomic E-state index is -1.62. The second kappa shape index (κ2) is 8.03. The summed E-state index contributed by atoms with van der Waals surface area (Å²) in [5.41, 5.74) is 0. The maximum atomic E-state index is 12.7. The van der Waals surface area contributed by atoms with E-state index in [0.717, 1.165) is 19.3 Å². The van der Waals surface area contributed by atoms with Gasteiger partial charge >= 0.3 is 0 Å². The van der Waals surface area contributed by atoms with Gasteiger partial charge in [0.25, 0.3) is 0 Å². The Morgan fingerprint density at radius 1 is 1.38 bits per heavy atom. The van der Waals surface area contributed by atoms with Crippen LogP contribution in [0, 0.1) is 11.8 Å². The van der Waals surface area contributed by atoms with Gasteiger partial charge in [0.1, 0.15) is 6.10 Å². The molecule has 0 aliphatic carbocycles. The molecule has 76 valence electrons. The molecular weight excluding hydrogens is 171 g/mol. The van der Waals surface area contributed by atoms with Crippen LogP contribution < -0.4 is 0 Å². The quantitative estimate of drug-likeness (QED) is 0.503. The molecule has 0 amide bonds. The maximum absolute atomic E-state index is 12.7. The number of aliphatic hydroxyl groups is 2. The van der Waals surface area contributed by atoms with Crippen LogP contribution in [0.4, 0.5) is 4.39 Å². The Labute approximate surface area is 78.8 Å². The fourth-order valence-electron chi connectivity index (χ4n) is 0.822. The zero-order chi connectivity index (χ0) is 10.1. The molecule has 2 atom stereocenters. The van der Waals surface area contributed by atoms with Crippen LogP contribution in [0.15, 0.2) is 0 Å². The highest BCUT2D eigenvalue weighted by molar-refractivity contribution is 5.06. The predicted molar refractivity (Wildman–Crippen MR) is 49.9 cm³/mol. The van der Waals surface area contributed by atoms with Crippen molar-refractivity contribution in [2.75, 3.05) is 6.61 Å². The number of unbranched alkanes of at least 4 members (excludes halogenated alkanes) is 3. The fraction of sp³-hybridized carbons (Fsp3) is 0.800. The van der Waals surface area contributed by atoms with Crippen LogP contribution in [0.5, 0.6) is 0 Å². The Kier molecular flexibility index (Phi) is 7.66. The van der Waals surface area contributed by atoms with Crippen molar-refractivity contribution in [2.24, 2.45) is 0 Å². The topological polar surface area (TPSA) is 40.5 Å². The SMILES string of the molecule is CCCCCC#CC(F)[C@@H](O)CO. The van der Waals surface area contributed by atoms with Crippen LogP contribution in [-0.4, -0.2) is 29.1 Å². The number of aliphatic hydroxyl groups excluding tert-OH is 2. The van der Waals surface area contributed by atoms with E-state index in [1.165, 1.54) is 0 Å². The maximum Gasteiger partial charge on any atom is 0.188 e. The lowest BCUT2D eigenvalue weighted by molar-refractivity contribution is 0.0503. The van der Waals surface area contributed by atoms with Crippen molar-refractivity contribution >= 4 is 0 Å². The van der Waals surface area contributed by atoms with Crippen LogP contribution in [0.25, 0.3) is 0 Å². The third-order valence-electron chi connectivity index (χ3n) is 1.67. The van der Waals surface area contributed by atoms with Gasteiger partial charge in [-0.3, -0.25) is 0 Å². The van der Waals surface area contributed by atoms with E-state index in [1.54, 1.807) is 0 Å². The summed E-state index contributed by atoms with van der Waals surface area (Å²) in [6.07, 6.45) is 0.844. The molecule has 0 rings (SSSR count). The predicted octanol–water partition coefficient (Wildman–Crippen LogP) is 1.26. The van der Waals surface area contributed by atoms with Crippen molar-refractivity contribution in [2.45, 2.75) is 44.9 Å². The first-order chi connectivity index (χ1) is 6.22. The van der Waals surface area contributed by atoms with Crippen molar-refractivity contribution < 1.29 is 14.6 Å². The van der Waals surface area contributed by atoms with E-state index in [-0.39, 0.29) is 0 Å². The molecule has 0 saturated carbocycles. The fourth-order valence-corrected chi connectivity index (χ4v) is 0.822. The third kappa shape index (κ3) is 6.56. The van der Waals surface area contributed by atoms with Crippen molar-refractivity contribution in [3.05, 3.63) is 0 Å². The minimum absolute atomic E-state index is 0.579. The first-order valence-electron chi connectivity index (χ1n) is 4.63. The molecule has 2 nitrogen and oxygen atoms in total. The highest BCUT2D eigenvalue weighted by Crippen LogP contribution is 1.99. The van der Waals surface area contributed by atoms with Gasteiger partial charge < -0.3 is 10.2 Å². The summed E-state index contributed by atoms with van der Waals surface area (Å²) in [5, 5.41) is 17.2. The average Bonchev–Trinajstić information content (AvgIpc) is 2.16. The first-order valence-corrected chi connectivity index (χ1v) is 4.63. The van der Waals surface area contributed by atoms with E-state index in [9.17, 15) is 4.39 Å². The summed E-state index contributed by atoms with van der Waals surface area (Å²) in [5.74, 6) is 4.90. The lowest BCUT2D eigenvalue weighted by atomic mass is 10.2. The molecular formula is C10H17FO2. The van der Waals surface area contributed by atoms with Crippen molar-refractivity contribution in [3.8, 4) is 11.8 Å². The molecule has 2 N–H and O–H groups in total. The number of hydrogen-bond donors (Lipinski definition) is 2. The zero-order valence-electron chi connectivity index (χ0n) is 7.96. The molecule has 0 radical (unpaired) electrons. The first kappa shape index (κ1) is 12.4. The molecule has 1 unspecified atom stereocenters. The average molecular weight is 188 g/mol. The number of hydrogen-bond acceptors (Lipinski definition) is 2. The van der Waals surface area contributed by atoms with Gasteiger partial charge in [-0.25, -0.2) is 4.39 Å². The zero-order valence-corrected chi connectivity index (χ0v) is 7.96.